The van der Waals surface area contributed by atoms with Crippen molar-refractivity contribution in [2.45, 2.75) is 6.92 Å². The van der Waals surface area contributed by atoms with Crippen LogP contribution in [0.2, 0.25) is 0 Å². The number of rotatable bonds is 2. The van der Waals surface area contributed by atoms with Crippen LogP contribution in [0.25, 0.3) is 32.9 Å². The Labute approximate surface area is 135 Å². The van der Waals surface area contributed by atoms with Gasteiger partial charge in [0.2, 0.25) is 0 Å². The van der Waals surface area contributed by atoms with Gasteiger partial charge >= 0.3 is 11.6 Å². The molecule has 0 N–H and O–H groups in total. The smallest absolute Gasteiger partial charge is 0.348 e. The molecule has 0 aliphatic rings. The maximum absolute atomic E-state index is 12.4. The average molecular weight is 324 g/mol. The third kappa shape index (κ3) is 2.04. The Bertz CT molecular complexity index is 1160. The second-order valence-corrected chi connectivity index (χ2v) is 5.28. The lowest BCUT2D eigenvalue weighted by Crippen LogP contribution is -2.02. The molecular weight excluding hydrogens is 312 g/mol. The van der Waals surface area contributed by atoms with Crippen LogP contribution in [0.3, 0.4) is 0 Å². The molecule has 0 saturated carbocycles. The zero-order valence-corrected chi connectivity index (χ0v) is 12.9. The van der Waals surface area contributed by atoms with Gasteiger partial charge in [-0.1, -0.05) is 6.07 Å². The summed E-state index contributed by atoms with van der Waals surface area (Å²) in [6.45, 7) is 1.30. The predicted octanol–water partition coefficient (Wildman–Crippen LogP) is 3.63. The molecule has 2 heterocycles. The number of fused-ring (bicyclic) bond motifs is 5. The number of carbonyl (C=O) groups excluding carboxylic acids is 1. The molecule has 0 atom stereocenters. The highest BCUT2D eigenvalue weighted by Gasteiger charge is 2.18. The highest BCUT2D eigenvalue weighted by Crippen LogP contribution is 2.36. The Morgan fingerprint density at radius 2 is 1.88 bits per heavy atom. The molecule has 0 spiro atoms. The average Bonchev–Trinajstić information content (AvgIpc) is 2.94. The van der Waals surface area contributed by atoms with Gasteiger partial charge in [0, 0.05) is 18.4 Å². The van der Waals surface area contributed by atoms with Crippen molar-refractivity contribution in [3.05, 3.63) is 46.8 Å². The third-order valence-electron chi connectivity index (χ3n) is 3.77. The van der Waals surface area contributed by atoms with Crippen molar-refractivity contribution < 1.29 is 23.1 Å². The standard InChI is InChI=1S/C18H12O6/c1-9(19)22-10-6-7-11-14(8-10)23-18(20)15-12-4-3-5-13(21-2)16(12)24-17(11)15/h3-8H,1-2H3. The molecule has 0 aliphatic carbocycles. The molecule has 24 heavy (non-hydrogen) atoms. The molecular formula is C18H12O6. The molecule has 6 heteroatoms. The maximum atomic E-state index is 12.4. The van der Waals surface area contributed by atoms with Crippen molar-refractivity contribution in [1.82, 2.24) is 0 Å². The lowest BCUT2D eigenvalue weighted by molar-refractivity contribution is -0.131. The summed E-state index contributed by atoms with van der Waals surface area (Å²) in [5.74, 6) is 0.380. The number of hydrogen-bond donors (Lipinski definition) is 0. The number of benzene rings is 2. The van der Waals surface area contributed by atoms with Crippen LogP contribution in [0.5, 0.6) is 11.5 Å². The Balaban J connectivity index is 2.11. The van der Waals surface area contributed by atoms with E-state index in [9.17, 15) is 9.59 Å². The normalized spacial score (nSPS) is 11.2. The van der Waals surface area contributed by atoms with Crippen LogP contribution in [-0.2, 0) is 4.79 Å². The lowest BCUT2D eigenvalue weighted by atomic mass is 10.1. The first kappa shape index (κ1) is 14.3. The molecule has 0 radical (unpaired) electrons. The molecule has 0 aliphatic heterocycles. The van der Waals surface area contributed by atoms with E-state index < -0.39 is 11.6 Å². The van der Waals surface area contributed by atoms with Crippen LogP contribution in [0.4, 0.5) is 0 Å². The zero-order chi connectivity index (χ0) is 16.8. The van der Waals surface area contributed by atoms with Gasteiger partial charge in [-0.3, -0.25) is 4.79 Å². The van der Waals surface area contributed by atoms with E-state index in [0.29, 0.717) is 38.8 Å². The summed E-state index contributed by atoms with van der Waals surface area (Å²) < 4.78 is 21.6. The first-order valence-corrected chi connectivity index (χ1v) is 7.23. The van der Waals surface area contributed by atoms with E-state index in [1.54, 1.807) is 30.3 Å². The van der Waals surface area contributed by atoms with Crippen molar-refractivity contribution >= 4 is 38.9 Å². The number of furan rings is 1. The van der Waals surface area contributed by atoms with E-state index in [1.807, 2.05) is 0 Å². The summed E-state index contributed by atoms with van der Waals surface area (Å²) in [4.78, 5) is 23.5. The van der Waals surface area contributed by atoms with Crippen LogP contribution >= 0.6 is 0 Å². The minimum atomic E-state index is -0.524. The molecule has 0 unspecified atom stereocenters. The Morgan fingerprint density at radius 3 is 2.62 bits per heavy atom. The van der Waals surface area contributed by atoms with E-state index in [-0.39, 0.29) is 5.58 Å². The third-order valence-corrected chi connectivity index (χ3v) is 3.77. The van der Waals surface area contributed by atoms with Gasteiger partial charge in [-0.25, -0.2) is 4.79 Å². The highest BCUT2D eigenvalue weighted by molar-refractivity contribution is 6.14. The van der Waals surface area contributed by atoms with Gasteiger partial charge in [-0.15, -0.1) is 0 Å². The topological polar surface area (TPSA) is 78.9 Å². The van der Waals surface area contributed by atoms with Crippen molar-refractivity contribution in [1.29, 1.82) is 0 Å². The van der Waals surface area contributed by atoms with Crippen molar-refractivity contribution in [2.24, 2.45) is 0 Å². The lowest BCUT2D eigenvalue weighted by Gasteiger charge is -2.02. The number of esters is 1. The summed E-state index contributed by atoms with van der Waals surface area (Å²) in [7, 11) is 1.54. The van der Waals surface area contributed by atoms with Gasteiger partial charge in [-0.2, -0.15) is 0 Å². The van der Waals surface area contributed by atoms with Crippen LogP contribution in [0, 0.1) is 0 Å². The summed E-state index contributed by atoms with van der Waals surface area (Å²) in [5.41, 5.74) is 0.655. The van der Waals surface area contributed by atoms with Gasteiger partial charge in [0.05, 0.1) is 12.5 Å². The van der Waals surface area contributed by atoms with E-state index in [1.165, 1.54) is 20.1 Å². The van der Waals surface area contributed by atoms with Crippen molar-refractivity contribution in [2.75, 3.05) is 7.11 Å². The molecule has 0 fully saturated rings. The SMILES string of the molecule is COc1cccc2c1oc1c3ccc(OC(C)=O)cc3oc(=O)c21. The maximum Gasteiger partial charge on any atom is 0.348 e. The fraction of sp³-hybridized carbons (Fsp3) is 0.111. The summed E-state index contributed by atoms with van der Waals surface area (Å²) >= 11 is 0. The first-order valence-electron chi connectivity index (χ1n) is 7.23. The molecule has 4 rings (SSSR count). The molecule has 0 saturated heterocycles. The number of hydrogen-bond acceptors (Lipinski definition) is 6. The number of methoxy groups -OCH3 is 1. The molecule has 2 aromatic heterocycles. The van der Waals surface area contributed by atoms with Gasteiger partial charge in [0.25, 0.3) is 0 Å². The largest absolute Gasteiger partial charge is 0.493 e. The fourth-order valence-corrected chi connectivity index (χ4v) is 2.80. The Hall–Kier alpha value is -3.28. The predicted molar refractivity (Wildman–Crippen MR) is 87.6 cm³/mol. The molecule has 6 nitrogen and oxygen atoms in total. The van der Waals surface area contributed by atoms with Crippen LogP contribution in [-0.4, -0.2) is 13.1 Å². The molecule has 0 amide bonds. The first-order chi connectivity index (χ1) is 11.6. The Kier molecular flexibility index (Phi) is 3.06. The number of ether oxygens (including phenoxy) is 2. The molecule has 0 bridgehead atoms. The van der Waals surface area contributed by atoms with Crippen LogP contribution in [0.15, 0.2) is 50.0 Å². The van der Waals surface area contributed by atoms with Crippen LogP contribution in [0.1, 0.15) is 6.92 Å². The summed E-state index contributed by atoms with van der Waals surface area (Å²) in [6.07, 6.45) is 0. The summed E-state index contributed by atoms with van der Waals surface area (Å²) in [6, 6.07) is 10.1. The van der Waals surface area contributed by atoms with Gasteiger partial charge in [-0.05, 0) is 24.3 Å². The molecule has 120 valence electrons. The molecule has 4 aromatic rings. The highest BCUT2D eigenvalue weighted by atomic mass is 16.5. The number of para-hydroxylation sites is 1. The second kappa shape index (κ2) is 5.13. The molecule has 2 aromatic carbocycles. The van der Waals surface area contributed by atoms with E-state index in [0.717, 1.165) is 0 Å². The van der Waals surface area contributed by atoms with Gasteiger partial charge in [0.15, 0.2) is 16.9 Å². The quantitative estimate of drug-likeness (QED) is 0.318. The minimum Gasteiger partial charge on any atom is -0.493 e. The van der Waals surface area contributed by atoms with Crippen molar-refractivity contribution in [3.8, 4) is 11.5 Å². The van der Waals surface area contributed by atoms with Crippen LogP contribution < -0.4 is 15.1 Å². The monoisotopic (exact) mass is 324 g/mol. The van der Waals surface area contributed by atoms with E-state index in [2.05, 4.69) is 0 Å². The summed E-state index contributed by atoms with van der Waals surface area (Å²) in [5, 5.41) is 1.60. The fourth-order valence-electron chi connectivity index (χ4n) is 2.80. The van der Waals surface area contributed by atoms with Gasteiger partial charge in [0.1, 0.15) is 16.7 Å². The second-order valence-electron chi connectivity index (χ2n) is 5.28. The van der Waals surface area contributed by atoms with Crippen molar-refractivity contribution in [3.63, 3.8) is 0 Å². The Morgan fingerprint density at radius 1 is 1.04 bits per heavy atom. The number of carbonyl (C=O) groups is 1. The van der Waals surface area contributed by atoms with E-state index in [4.69, 9.17) is 18.3 Å². The zero-order valence-electron chi connectivity index (χ0n) is 12.9. The van der Waals surface area contributed by atoms with E-state index >= 15 is 0 Å². The van der Waals surface area contributed by atoms with Gasteiger partial charge < -0.3 is 18.3 Å². The minimum absolute atomic E-state index is 0.282.